The number of carbonyl (C=O) groups is 3. The minimum Gasteiger partial charge on any atom is -0.481 e. The summed E-state index contributed by atoms with van der Waals surface area (Å²) in [5, 5.41) is 14.7. The third-order valence-corrected chi connectivity index (χ3v) is 4.14. The van der Waals surface area contributed by atoms with Crippen molar-refractivity contribution in [3.8, 4) is 0 Å². The average molecular weight is 283 g/mol. The zero-order valence-electron chi connectivity index (χ0n) is 11.5. The van der Waals surface area contributed by atoms with Crippen LogP contribution in [0, 0.1) is 5.41 Å². The Morgan fingerprint density at radius 3 is 2.65 bits per heavy atom. The zero-order valence-corrected chi connectivity index (χ0v) is 11.5. The number of carboxylic acids is 1. The smallest absolute Gasteiger partial charge is 0.317 e. The van der Waals surface area contributed by atoms with Crippen molar-refractivity contribution in [3.63, 3.8) is 0 Å². The quantitative estimate of drug-likeness (QED) is 0.687. The van der Waals surface area contributed by atoms with Crippen LogP contribution in [0.25, 0.3) is 0 Å². The molecule has 0 aromatic heterocycles. The summed E-state index contributed by atoms with van der Waals surface area (Å²) in [6.07, 6.45) is 3.68. The Bertz CT molecular complexity index is 404. The molecule has 0 radical (unpaired) electrons. The highest BCUT2D eigenvalue weighted by Crippen LogP contribution is 2.37. The molecule has 3 N–H and O–H groups in total. The molecule has 2 rings (SSSR count). The topological polar surface area (TPSA) is 98.7 Å². The van der Waals surface area contributed by atoms with E-state index in [-0.39, 0.29) is 25.0 Å². The molecule has 1 aliphatic carbocycles. The van der Waals surface area contributed by atoms with E-state index in [1.165, 1.54) is 4.90 Å². The fourth-order valence-corrected chi connectivity index (χ4v) is 2.85. The Balaban J connectivity index is 1.90. The Hall–Kier alpha value is -1.79. The average Bonchev–Trinajstić information content (AvgIpc) is 2.80. The summed E-state index contributed by atoms with van der Waals surface area (Å²) in [6, 6.07) is -0.352. The van der Waals surface area contributed by atoms with Crippen LogP contribution in [0.4, 0.5) is 4.79 Å². The van der Waals surface area contributed by atoms with Crippen molar-refractivity contribution in [1.29, 1.82) is 0 Å². The summed E-state index contributed by atoms with van der Waals surface area (Å²) in [7, 11) is 0. The van der Waals surface area contributed by atoms with Crippen LogP contribution in [0.5, 0.6) is 0 Å². The highest BCUT2D eigenvalue weighted by molar-refractivity contribution is 5.85. The number of nitrogens with one attached hydrogen (secondary N) is 2. The molecule has 112 valence electrons. The van der Waals surface area contributed by atoms with Crippen molar-refractivity contribution in [2.24, 2.45) is 5.41 Å². The van der Waals surface area contributed by atoms with Crippen LogP contribution in [-0.4, -0.2) is 54.1 Å². The van der Waals surface area contributed by atoms with Gasteiger partial charge < -0.3 is 20.6 Å². The van der Waals surface area contributed by atoms with Crippen molar-refractivity contribution < 1.29 is 19.5 Å². The van der Waals surface area contributed by atoms with E-state index in [0.29, 0.717) is 32.4 Å². The first-order chi connectivity index (χ1) is 9.53. The Labute approximate surface area is 117 Å². The molecule has 1 heterocycles. The molecule has 0 aromatic rings. The SMILES string of the molecule is O=C1CN(C(=O)NCC2(C(=O)O)CCCC2)CCCN1. The van der Waals surface area contributed by atoms with Crippen LogP contribution in [0.3, 0.4) is 0 Å². The lowest BCUT2D eigenvalue weighted by Crippen LogP contribution is -2.48. The van der Waals surface area contributed by atoms with Gasteiger partial charge in [0.15, 0.2) is 0 Å². The lowest BCUT2D eigenvalue weighted by atomic mass is 9.86. The van der Waals surface area contributed by atoms with Gasteiger partial charge in [-0.1, -0.05) is 12.8 Å². The fraction of sp³-hybridized carbons (Fsp3) is 0.769. The fourth-order valence-electron chi connectivity index (χ4n) is 2.85. The van der Waals surface area contributed by atoms with Gasteiger partial charge in [0, 0.05) is 19.6 Å². The van der Waals surface area contributed by atoms with Crippen molar-refractivity contribution in [2.75, 3.05) is 26.2 Å². The summed E-state index contributed by atoms with van der Waals surface area (Å²) in [5.41, 5.74) is -0.830. The molecular weight excluding hydrogens is 262 g/mol. The van der Waals surface area contributed by atoms with Gasteiger partial charge in [-0.05, 0) is 19.3 Å². The van der Waals surface area contributed by atoms with Gasteiger partial charge in [0.2, 0.25) is 5.91 Å². The predicted octanol–water partition coefficient (Wildman–Crippen LogP) is 0.163. The third kappa shape index (κ3) is 3.20. The number of rotatable bonds is 3. The number of aliphatic carboxylic acids is 1. The molecule has 2 fully saturated rings. The number of nitrogens with zero attached hydrogens (tertiary/aromatic N) is 1. The standard InChI is InChI=1S/C13H21N3O4/c17-10-8-16(7-3-6-14-10)12(20)15-9-13(11(18)19)4-1-2-5-13/h1-9H2,(H,14,17)(H,15,20)(H,18,19). The molecule has 7 nitrogen and oxygen atoms in total. The molecule has 3 amide bonds. The number of amides is 3. The van der Waals surface area contributed by atoms with Gasteiger partial charge in [-0.3, -0.25) is 9.59 Å². The van der Waals surface area contributed by atoms with E-state index < -0.39 is 11.4 Å². The minimum atomic E-state index is -0.844. The van der Waals surface area contributed by atoms with E-state index in [2.05, 4.69) is 10.6 Å². The molecule has 0 spiro atoms. The van der Waals surface area contributed by atoms with Crippen molar-refractivity contribution in [3.05, 3.63) is 0 Å². The van der Waals surface area contributed by atoms with E-state index in [1.807, 2.05) is 0 Å². The summed E-state index contributed by atoms with van der Waals surface area (Å²) in [6.45, 7) is 1.25. The second kappa shape index (κ2) is 6.11. The molecule has 20 heavy (non-hydrogen) atoms. The molecular formula is C13H21N3O4. The third-order valence-electron chi connectivity index (χ3n) is 4.14. The number of hydrogen-bond donors (Lipinski definition) is 3. The molecule has 1 saturated carbocycles. The second-order valence-electron chi connectivity index (χ2n) is 5.58. The number of carboxylic acid groups (broad SMARTS) is 1. The number of hydrogen-bond acceptors (Lipinski definition) is 3. The van der Waals surface area contributed by atoms with Crippen LogP contribution in [0.15, 0.2) is 0 Å². The first kappa shape index (κ1) is 14.6. The first-order valence-electron chi connectivity index (χ1n) is 7.06. The highest BCUT2D eigenvalue weighted by Gasteiger charge is 2.41. The lowest BCUT2D eigenvalue weighted by Gasteiger charge is -2.26. The predicted molar refractivity (Wildman–Crippen MR) is 71.1 cm³/mol. The largest absolute Gasteiger partial charge is 0.481 e. The van der Waals surface area contributed by atoms with E-state index in [1.54, 1.807) is 0 Å². The van der Waals surface area contributed by atoms with Gasteiger partial charge in [-0.15, -0.1) is 0 Å². The van der Waals surface area contributed by atoms with Gasteiger partial charge in [0.25, 0.3) is 0 Å². The van der Waals surface area contributed by atoms with Crippen LogP contribution in [0.1, 0.15) is 32.1 Å². The maximum atomic E-state index is 12.1. The maximum absolute atomic E-state index is 12.1. The molecule has 0 atom stereocenters. The summed E-state index contributed by atoms with van der Waals surface area (Å²) in [4.78, 5) is 36.3. The van der Waals surface area contributed by atoms with Crippen molar-refractivity contribution in [2.45, 2.75) is 32.1 Å². The van der Waals surface area contributed by atoms with Gasteiger partial charge in [-0.2, -0.15) is 0 Å². The van der Waals surface area contributed by atoms with Crippen molar-refractivity contribution in [1.82, 2.24) is 15.5 Å². The number of urea groups is 1. The Morgan fingerprint density at radius 1 is 1.30 bits per heavy atom. The molecule has 0 unspecified atom stereocenters. The Morgan fingerprint density at radius 2 is 2.00 bits per heavy atom. The van der Waals surface area contributed by atoms with E-state index in [9.17, 15) is 19.5 Å². The highest BCUT2D eigenvalue weighted by atomic mass is 16.4. The van der Waals surface area contributed by atoms with Gasteiger partial charge in [0.1, 0.15) is 6.54 Å². The molecule has 0 bridgehead atoms. The molecule has 7 heteroatoms. The molecule has 1 aliphatic heterocycles. The van der Waals surface area contributed by atoms with Crippen molar-refractivity contribution >= 4 is 17.9 Å². The van der Waals surface area contributed by atoms with Gasteiger partial charge in [-0.25, -0.2) is 4.79 Å². The summed E-state index contributed by atoms with van der Waals surface area (Å²) >= 11 is 0. The normalized spacial score (nSPS) is 22.0. The second-order valence-corrected chi connectivity index (χ2v) is 5.58. The first-order valence-corrected chi connectivity index (χ1v) is 7.06. The van der Waals surface area contributed by atoms with Gasteiger partial charge >= 0.3 is 12.0 Å². The van der Waals surface area contributed by atoms with Gasteiger partial charge in [0.05, 0.1) is 5.41 Å². The van der Waals surface area contributed by atoms with E-state index in [0.717, 1.165) is 12.8 Å². The van der Waals surface area contributed by atoms with Crippen LogP contribution < -0.4 is 10.6 Å². The lowest BCUT2D eigenvalue weighted by molar-refractivity contribution is -0.148. The Kier molecular flexibility index (Phi) is 4.46. The van der Waals surface area contributed by atoms with Crippen LogP contribution >= 0.6 is 0 Å². The van der Waals surface area contributed by atoms with E-state index in [4.69, 9.17) is 0 Å². The summed E-state index contributed by atoms with van der Waals surface area (Å²) in [5.74, 6) is -1.02. The summed E-state index contributed by atoms with van der Waals surface area (Å²) < 4.78 is 0. The monoisotopic (exact) mass is 283 g/mol. The molecule has 1 saturated heterocycles. The number of carbonyl (C=O) groups excluding carboxylic acids is 2. The maximum Gasteiger partial charge on any atom is 0.317 e. The molecule has 0 aromatic carbocycles. The zero-order chi connectivity index (χ0) is 14.6. The van der Waals surface area contributed by atoms with Crippen LogP contribution in [0.2, 0.25) is 0 Å². The minimum absolute atomic E-state index is 0.0336. The van der Waals surface area contributed by atoms with E-state index >= 15 is 0 Å². The molecule has 2 aliphatic rings. The van der Waals surface area contributed by atoms with Crippen LogP contribution in [-0.2, 0) is 9.59 Å².